The van der Waals surface area contributed by atoms with Gasteiger partial charge in [-0.25, -0.2) is 0 Å². The van der Waals surface area contributed by atoms with E-state index in [2.05, 4.69) is 38.4 Å². The van der Waals surface area contributed by atoms with E-state index in [9.17, 15) is 10.1 Å². The lowest BCUT2D eigenvalue weighted by Crippen LogP contribution is -2.28. The van der Waals surface area contributed by atoms with Crippen molar-refractivity contribution in [1.82, 2.24) is 4.98 Å². The molecule has 5 nitrogen and oxygen atoms in total. The third kappa shape index (κ3) is 4.38. The first kappa shape index (κ1) is 15.8. The Balaban J connectivity index is 2.86. The highest BCUT2D eigenvalue weighted by Crippen LogP contribution is 2.30. The van der Waals surface area contributed by atoms with Crippen molar-refractivity contribution in [2.45, 2.75) is 27.7 Å². The molecule has 0 aliphatic rings. The quantitative estimate of drug-likeness (QED) is 0.512. The summed E-state index contributed by atoms with van der Waals surface area (Å²) in [6.07, 6.45) is 0. The number of hydrogen-bond donors (Lipinski definition) is 1. The highest BCUT2D eigenvalue weighted by molar-refractivity contribution is 7.80. The average Bonchev–Trinajstić information content (AvgIpc) is 2.29. The van der Waals surface area contributed by atoms with Gasteiger partial charge in [-0.1, -0.05) is 20.8 Å². The molecule has 0 spiro atoms. The van der Waals surface area contributed by atoms with Crippen molar-refractivity contribution >= 4 is 18.4 Å². The van der Waals surface area contributed by atoms with Crippen LogP contribution >= 0.6 is 12.6 Å². The Morgan fingerprint density at radius 1 is 1.47 bits per heavy atom. The van der Waals surface area contributed by atoms with Gasteiger partial charge in [0, 0.05) is 12.8 Å². The fourth-order valence-electron chi connectivity index (χ4n) is 1.54. The summed E-state index contributed by atoms with van der Waals surface area (Å²) in [6, 6.07) is 3.30. The molecule has 1 atom stereocenters. The normalized spacial score (nSPS) is 13.1. The summed E-state index contributed by atoms with van der Waals surface area (Å²) in [5, 5.41) is 10.9. The predicted octanol–water partition coefficient (Wildman–Crippen LogP) is 3.27. The molecule has 0 N–H and O–H groups in total. The molecule has 0 aliphatic heterocycles. The van der Waals surface area contributed by atoms with Crippen LogP contribution < -0.4 is 4.74 Å². The maximum absolute atomic E-state index is 10.9. The second-order valence-corrected chi connectivity index (χ2v) is 5.95. The fourth-order valence-corrected chi connectivity index (χ4v) is 2.19. The number of rotatable bonds is 5. The van der Waals surface area contributed by atoms with E-state index in [1.54, 1.807) is 19.1 Å². The molecular formula is C13H20N2O3S. The molecule has 1 unspecified atom stereocenters. The van der Waals surface area contributed by atoms with Crippen LogP contribution in [0.2, 0.25) is 0 Å². The van der Waals surface area contributed by atoms with Crippen molar-refractivity contribution in [2.24, 2.45) is 11.3 Å². The van der Waals surface area contributed by atoms with Crippen LogP contribution in [0, 0.1) is 28.4 Å². The van der Waals surface area contributed by atoms with Crippen LogP contribution in [0.25, 0.3) is 0 Å². The van der Waals surface area contributed by atoms with Crippen LogP contribution in [0.1, 0.15) is 26.5 Å². The van der Waals surface area contributed by atoms with Crippen LogP contribution in [-0.2, 0) is 0 Å². The maximum atomic E-state index is 10.9. The minimum absolute atomic E-state index is 0.0364. The summed E-state index contributed by atoms with van der Waals surface area (Å²) in [6.45, 7) is 8.39. The molecule has 0 aliphatic carbocycles. The topological polar surface area (TPSA) is 65.3 Å². The molecule has 0 bridgehead atoms. The van der Waals surface area contributed by atoms with E-state index in [0.717, 1.165) is 0 Å². The Bertz CT molecular complexity index is 458. The molecule has 0 saturated heterocycles. The van der Waals surface area contributed by atoms with Gasteiger partial charge in [0.15, 0.2) is 0 Å². The van der Waals surface area contributed by atoms with E-state index in [1.807, 2.05) is 0 Å². The van der Waals surface area contributed by atoms with Crippen LogP contribution in [0.3, 0.4) is 0 Å². The van der Waals surface area contributed by atoms with Crippen molar-refractivity contribution in [3.63, 3.8) is 0 Å². The van der Waals surface area contributed by atoms with Crippen molar-refractivity contribution in [3.05, 3.63) is 27.9 Å². The average molecular weight is 284 g/mol. The van der Waals surface area contributed by atoms with E-state index in [-0.39, 0.29) is 22.9 Å². The third-order valence-electron chi connectivity index (χ3n) is 3.04. The molecule has 1 heterocycles. The zero-order valence-electron chi connectivity index (χ0n) is 11.7. The molecule has 1 aromatic heterocycles. The van der Waals surface area contributed by atoms with Gasteiger partial charge in [0.2, 0.25) is 5.75 Å². The summed E-state index contributed by atoms with van der Waals surface area (Å²) in [7, 11) is 0. The highest BCUT2D eigenvalue weighted by Gasteiger charge is 2.25. The van der Waals surface area contributed by atoms with Crippen LogP contribution in [-0.4, -0.2) is 22.3 Å². The van der Waals surface area contributed by atoms with E-state index in [0.29, 0.717) is 18.1 Å². The number of hydrogen-bond acceptors (Lipinski definition) is 5. The summed E-state index contributed by atoms with van der Waals surface area (Å²) in [5.41, 5.74) is 0.634. The predicted molar refractivity (Wildman–Crippen MR) is 77.9 cm³/mol. The Morgan fingerprint density at radius 3 is 2.58 bits per heavy atom. The van der Waals surface area contributed by atoms with Crippen LogP contribution in [0.4, 0.5) is 5.82 Å². The van der Waals surface area contributed by atoms with Crippen molar-refractivity contribution in [1.29, 1.82) is 0 Å². The lowest BCUT2D eigenvalue weighted by atomic mass is 9.82. The van der Waals surface area contributed by atoms with E-state index in [1.165, 1.54) is 0 Å². The third-order valence-corrected chi connectivity index (χ3v) is 3.48. The van der Waals surface area contributed by atoms with Gasteiger partial charge in [-0.15, -0.1) is 0 Å². The monoisotopic (exact) mass is 284 g/mol. The Morgan fingerprint density at radius 2 is 2.11 bits per heavy atom. The lowest BCUT2D eigenvalue weighted by Gasteiger charge is -2.29. The zero-order valence-corrected chi connectivity index (χ0v) is 12.6. The maximum Gasteiger partial charge on any atom is 0.406 e. The first-order valence-corrected chi connectivity index (χ1v) is 6.74. The van der Waals surface area contributed by atoms with Gasteiger partial charge in [-0.2, -0.15) is 12.6 Å². The number of pyridine rings is 1. The SMILES string of the molecule is Cc1ccc(OCC(CS)C(C)(C)C)c([N+](=O)[O-])n1. The zero-order chi connectivity index (χ0) is 14.6. The van der Waals surface area contributed by atoms with E-state index < -0.39 is 4.92 Å². The summed E-state index contributed by atoms with van der Waals surface area (Å²) in [5.74, 6) is 0.853. The van der Waals surface area contributed by atoms with Crippen molar-refractivity contribution < 1.29 is 9.66 Å². The second kappa shape index (κ2) is 6.23. The van der Waals surface area contributed by atoms with Gasteiger partial charge in [0.1, 0.15) is 5.69 Å². The molecule has 0 saturated carbocycles. The Kier molecular flexibility index (Phi) is 5.17. The van der Waals surface area contributed by atoms with Gasteiger partial charge in [-0.05, 0) is 33.2 Å². The number of ether oxygens (including phenoxy) is 1. The summed E-state index contributed by atoms with van der Waals surface area (Å²) in [4.78, 5) is 14.3. The molecule has 0 fully saturated rings. The van der Waals surface area contributed by atoms with E-state index in [4.69, 9.17) is 4.74 Å². The first-order chi connectivity index (χ1) is 8.75. The molecule has 6 heteroatoms. The lowest BCUT2D eigenvalue weighted by molar-refractivity contribution is -0.390. The highest BCUT2D eigenvalue weighted by atomic mass is 32.1. The molecule has 0 radical (unpaired) electrons. The van der Waals surface area contributed by atoms with E-state index >= 15 is 0 Å². The number of thiol groups is 1. The van der Waals surface area contributed by atoms with Gasteiger partial charge in [0.25, 0.3) is 0 Å². The van der Waals surface area contributed by atoms with Crippen LogP contribution in [0.15, 0.2) is 12.1 Å². The minimum atomic E-state index is -0.519. The molecule has 19 heavy (non-hydrogen) atoms. The van der Waals surface area contributed by atoms with Crippen molar-refractivity contribution in [3.8, 4) is 5.75 Å². The molecule has 1 aromatic rings. The standard InChI is InChI=1S/C13H20N2O3S/c1-9-5-6-11(12(14-9)15(16)17)18-7-10(8-19)13(2,3)4/h5-6,10,19H,7-8H2,1-4H3. The first-order valence-electron chi connectivity index (χ1n) is 6.11. The number of nitro groups is 1. The van der Waals surface area contributed by atoms with Crippen molar-refractivity contribution in [2.75, 3.05) is 12.4 Å². The van der Waals surface area contributed by atoms with Gasteiger partial charge in [-0.3, -0.25) is 0 Å². The minimum Gasteiger partial charge on any atom is -0.485 e. The summed E-state index contributed by atoms with van der Waals surface area (Å²) >= 11 is 4.31. The fraction of sp³-hybridized carbons (Fsp3) is 0.615. The smallest absolute Gasteiger partial charge is 0.406 e. The Hall–Kier alpha value is -1.30. The van der Waals surface area contributed by atoms with Crippen LogP contribution in [0.5, 0.6) is 5.75 Å². The van der Waals surface area contributed by atoms with Gasteiger partial charge < -0.3 is 14.9 Å². The molecule has 1 rings (SSSR count). The Labute approximate surface area is 118 Å². The molecule has 0 aromatic carbocycles. The second-order valence-electron chi connectivity index (χ2n) is 5.59. The number of aryl methyl sites for hydroxylation is 1. The van der Waals surface area contributed by atoms with Gasteiger partial charge in [0.05, 0.1) is 6.61 Å². The largest absolute Gasteiger partial charge is 0.485 e. The van der Waals surface area contributed by atoms with Gasteiger partial charge >= 0.3 is 5.82 Å². The molecule has 106 valence electrons. The number of aromatic nitrogens is 1. The number of nitrogens with zero attached hydrogens (tertiary/aromatic N) is 2. The summed E-state index contributed by atoms with van der Waals surface area (Å²) < 4.78 is 5.58. The molecular weight excluding hydrogens is 264 g/mol. The molecule has 0 amide bonds.